The van der Waals surface area contributed by atoms with E-state index in [1.165, 1.54) is 31.0 Å². The van der Waals surface area contributed by atoms with Gasteiger partial charge in [-0.3, -0.25) is 9.59 Å². The molecule has 0 radical (unpaired) electrons. The van der Waals surface area contributed by atoms with Gasteiger partial charge in [-0.25, -0.2) is 4.68 Å². The third-order valence-electron chi connectivity index (χ3n) is 6.96. The van der Waals surface area contributed by atoms with Gasteiger partial charge in [-0.2, -0.15) is 13.8 Å². The lowest BCUT2D eigenvalue weighted by atomic mass is 9.84. The molecule has 9 heteroatoms. The van der Waals surface area contributed by atoms with E-state index in [2.05, 4.69) is 8.75 Å². The highest BCUT2D eigenvalue weighted by molar-refractivity contribution is 7.00. The summed E-state index contributed by atoms with van der Waals surface area (Å²) in [7, 11) is 0. The Hall–Kier alpha value is -3.59. The molecule has 1 fully saturated rings. The fourth-order valence-corrected chi connectivity index (χ4v) is 5.73. The number of benzene rings is 2. The summed E-state index contributed by atoms with van der Waals surface area (Å²) in [5, 5.41) is 5.04. The quantitative estimate of drug-likeness (QED) is 0.210. The maximum absolute atomic E-state index is 12.2. The van der Waals surface area contributed by atoms with Gasteiger partial charge in [0.2, 0.25) is 5.88 Å². The highest BCUT2D eigenvalue weighted by Crippen LogP contribution is 2.38. The molecule has 1 saturated carbocycles. The summed E-state index contributed by atoms with van der Waals surface area (Å²) in [5.41, 5.74) is 6.54. The van der Waals surface area contributed by atoms with Crippen molar-refractivity contribution in [3.05, 3.63) is 70.4 Å². The van der Waals surface area contributed by atoms with Gasteiger partial charge in [-0.15, -0.1) is 0 Å². The Kier molecular flexibility index (Phi) is 7.89. The normalized spacial score (nSPS) is 14.1. The number of nitrogens with zero attached hydrogens (tertiary/aromatic N) is 4. The van der Waals surface area contributed by atoms with Crippen molar-refractivity contribution < 1.29 is 19.1 Å². The first-order valence-electron chi connectivity index (χ1n) is 12.8. The van der Waals surface area contributed by atoms with Gasteiger partial charge in [0.15, 0.2) is 0 Å². The predicted octanol–water partition coefficient (Wildman–Crippen LogP) is 5.22. The van der Waals surface area contributed by atoms with Gasteiger partial charge in [0.25, 0.3) is 6.47 Å². The van der Waals surface area contributed by atoms with Gasteiger partial charge < -0.3 is 9.47 Å². The molecule has 2 aromatic heterocycles. The summed E-state index contributed by atoms with van der Waals surface area (Å²) in [5.74, 6) is 0.506. The highest BCUT2D eigenvalue weighted by atomic mass is 32.1. The van der Waals surface area contributed by atoms with E-state index in [-0.39, 0.29) is 12.4 Å². The number of carbonyl (C=O) groups excluding carboxylic acids is 2. The van der Waals surface area contributed by atoms with Crippen molar-refractivity contribution in [1.29, 1.82) is 0 Å². The second-order valence-electron chi connectivity index (χ2n) is 9.39. The average Bonchev–Trinajstić information content (AvgIpc) is 3.51. The zero-order valence-electron chi connectivity index (χ0n) is 20.9. The lowest BCUT2D eigenvalue weighted by molar-refractivity contribution is -0.142. The Labute approximate surface area is 219 Å². The molecule has 0 atom stereocenters. The van der Waals surface area contributed by atoms with Crippen molar-refractivity contribution in [2.75, 3.05) is 6.61 Å². The summed E-state index contributed by atoms with van der Waals surface area (Å²) in [6, 6.07) is 13.8. The van der Waals surface area contributed by atoms with Crippen LogP contribution >= 0.6 is 11.7 Å². The molecule has 0 aliphatic heterocycles. The molecule has 0 N–H and O–H groups in total. The Morgan fingerprint density at radius 1 is 1.08 bits per heavy atom. The van der Waals surface area contributed by atoms with Crippen LogP contribution < -0.4 is 4.74 Å². The molecular formula is C28H30N4O4S. The lowest BCUT2D eigenvalue weighted by Crippen LogP contribution is -2.12. The van der Waals surface area contributed by atoms with Crippen molar-refractivity contribution in [3.8, 4) is 5.88 Å². The van der Waals surface area contributed by atoms with E-state index in [0.717, 1.165) is 51.8 Å². The van der Waals surface area contributed by atoms with Crippen molar-refractivity contribution in [2.45, 2.75) is 64.3 Å². The van der Waals surface area contributed by atoms with Crippen LogP contribution in [0.4, 0.5) is 0 Å². The zero-order valence-corrected chi connectivity index (χ0v) is 21.7. The van der Waals surface area contributed by atoms with Crippen molar-refractivity contribution in [1.82, 2.24) is 18.5 Å². The Morgan fingerprint density at radius 2 is 1.86 bits per heavy atom. The van der Waals surface area contributed by atoms with Crippen molar-refractivity contribution in [2.24, 2.45) is 0 Å². The smallest absolute Gasteiger partial charge is 0.310 e. The van der Waals surface area contributed by atoms with Crippen molar-refractivity contribution in [3.63, 3.8) is 0 Å². The molecule has 5 rings (SSSR count). The molecular weight excluding hydrogens is 488 g/mol. The van der Waals surface area contributed by atoms with E-state index in [1.54, 1.807) is 11.6 Å². The van der Waals surface area contributed by atoms with Gasteiger partial charge >= 0.3 is 5.97 Å². The third-order valence-corrected chi connectivity index (χ3v) is 7.52. The van der Waals surface area contributed by atoms with E-state index < -0.39 is 0 Å². The van der Waals surface area contributed by atoms with Crippen LogP contribution in [0.15, 0.2) is 42.5 Å². The second kappa shape index (κ2) is 11.6. The van der Waals surface area contributed by atoms with Crippen LogP contribution in [0.3, 0.4) is 0 Å². The van der Waals surface area contributed by atoms with Gasteiger partial charge in [-0.05, 0) is 48.6 Å². The van der Waals surface area contributed by atoms with Crippen LogP contribution in [-0.4, -0.2) is 37.6 Å². The first kappa shape index (κ1) is 25.1. The molecule has 0 spiro atoms. The maximum Gasteiger partial charge on any atom is 0.310 e. The van der Waals surface area contributed by atoms with E-state index in [1.807, 2.05) is 42.5 Å². The van der Waals surface area contributed by atoms with Gasteiger partial charge in [0, 0.05) is 17.9 Å². The van der Waals surface area contributed by atoms with E-state index >= 15 is 0 Å². The molecule has 0 amide bonds. The number of aromatic nitrogens is 4. The first-order chi connectivity index (χ1) is 18.2. The Bertz CT molecular complexity index is 1390. The van der Waals surface area contributed by atoms with E-state index in [4.69, 9.17) is 14.6 Å². The third kappa shape index (κ3) is 5.72. The summed E-state index contributed by atoms with van der Waals surface area (Å²) in [6.45, 7) is 3.00. The molecule has 37 heavy (non-hydrogen) atoms. The van der Waals surface area contributed by atoms with E-state index in [9.17, 15) is 9.59 Å². The topological polar surface area (TPSA) is 96.2 Å². The van der Waals surface area contributed by atoms with Crippen LogP contribution in [0.2, 0.25) is 0 Å². The van der Waals surface area contributed by atoms with Crippen LogP contribution in [0.25, 0.3) is 11.0 Å². The largest absolute Gasteiger partial charge is 0.466 e. The molecule has 8 nitrogen and oxygen atoms in total. The van der Waals surface area contributed by atoms with Crippen LogP contribution in [0.1, 0.15) is 72.9 Å². The lowest BCUT2D eigenvalue weighted by Gasteiger charge is -2.21. The first-order valence-corrected chi connectivity index (χ1v) is 13.5. The predicted molar refractivity (Wildman–Crippen MR) is 141 cm³/mol. The molecule has 0 unspecified atom stereocenters. The van der Waals surface area contributed by atoms with Crippen molar-refractivity contribution >= 4 is 35.2 Å². The maximum atomic E-state index is 12.2. The Morgan fingerprint density at radius 3 is 2.65 bits per heavy atom. The number of fused-ring (bicyclic) bond motifs is 1. The second-order valence-corrected chi connectivity index (χ2v) is 9.92. The minimum absolute atomic E-state index is 0.180. The minimum atomic E-state index is -0.268. The molecule has 2 aromatic carbocycles. The van der Waals surface area contributed by atoms with Gasteiger partial charge in [0.1, 0.15) is 11.0 Å². The average molecular weight is 519 g/mol. The van der Waals surface area contributed by atoms with Crippen LogP contribution in [0, 0.1) is 0 Å². The summed E-state index contributed by atoms with van der Waals surface area (Å²) < 4.78 is 21.3. The number of ether oxygens (including phenoxy) is 2. The molecule has 0 saturated heterocycles. The zero-order chi connectivity index (χ0) is 25.6. The Balaban J connectivity index is 1.54. The fraction of sp³-hybridized carbons (Fsp3) is 0.393. The number of carbonyl (C=O) groups is 2. The number of hydrogen-bond acceptors (Lipinski definition) is 8. The monoisotopic (exact) mass is 518 g/mol. The summed E-state index contributed by atoms with van der Waals surface area (Å²) >= 11 is 1.20. The molecule has 4 aromatic rings. The summed E-state index contributed by atoms with van der Waals surface area (Å²) in [4.78, 5) is 23.9. The SMILES string of the molecule is CCOC(=O)Cc1ccccc1Cn1nc(C2CCCCC2)c(Cc2ccc3nsnc3c2)c1OC=O. The number of esters is 1. The molecule has 192 valence electrons. The summed E-state index contributed by atoms with van der Waals surface area (Å²) in [6.07, 6.45) is 6.46. The number of hydrogen-bond donors (Lipinski definition) is 0. The van der Waals surface area contributed by atoms with Crippen LogP contribution in [0.5, 0.6) is 5.88 Å². The molecule has 0 bridgehead atoms. The molecule has 1 aliphatic rings. The fourth-order valence-electron chi connectivity index (χ4n) is 5.21. The van der Waals surface area contributed by atoms with E-state index in [0.29, 0.717) is 37.8 Å². The molecule has 1 aliphatic carbocycles. The van der Waals surface area contributed by atoms with Gasteiger partial charge in [-0.1, -0.05) is 49.6 Å². The highest BCUT2D eigenvalue weighted by Gasteiger charge is 2.28. The minimum Gasteiger partial charge on any atom is -0.466 e. The molecule has 2 heterocycles. The number of rotatable bonds is 10. The van der Waals surface area contributed by atoms with Gasteiger partial charge in [0.05, 0.1) is 37.0 Å². The standard InChI is InChI=1S/C28H30N4O4S/c1-2-35-26(34)16-21-10-6-7-11-22(21)17-32-28(36-18-33)23(27(29-32)20-8-4-3-5-9-20)14-19-12-13-24-25(15-19)31-37-30-24/h6-7,10-13,15,18,20H,2-5,8-9,14,16-17H2,1H3. The van der Waals surface area contributed by atoms with Crippen LogP contribution in [-0.2, 0) is 33.7 Å².